The number of hydrogen-bond acceptors (Lipinski definition) is 5. The largest absolute Gasteiger partial charge is 0.394 e. The molecule has 0 radical (unpaired) electrons. The molecule has 0 saturated carbocycles. The van der Waals surface area contributed by atoms with Crippen molar-refractivity contribution in [1.82, 2.24) is 10.0 Å². The summed E-state index contributed by atoms with van der Waals surface area (Å²) in [6.45, 7) is 1.66. The zero-order valence-electron chi connectivity index (χ0n) is 14.8. The van der Waals surface area contributed by atoms with E-state index in [9.17, 15) is 18.3 Å². The number of para-hydroxylation sites is 1. The normalized spacial score (nSPS) is 23.4. The highest BCUT2D eigenvalue weighted by Crippen LogP contribution is 2.22. The molecule has 26 heavy (non-hydrogen) atoms. The second-order valence-corrected chi connectivity index (χ2v) is 8.31. The van der Waals surface area contributed by atoms with Crippen LogP contribution in [0.4, 0.5) is 10.5 Å². The van der Waals surface area contributed by atoms with Crippen molar-refractivity contribution in [3.8, 4) is 0 Å². The molecule has 1 aliphatic heterocycles. The van der Waals surface area contributed by atoms with Gasteiger partial charge in [0.2, 0.25) is 10.0 Å². The molecule has 0 aliphatic carbocycles. The van der Waals surface area contributed by atoms with E-state index in [2.05, 4.69) is 15.4 Å². The maximum Gasteiger partial charge on any atom is 0.319 e. The number of urea groups is 1. The number of nitrogens with one attached hydrogen (secondary N) is 3. The van der Waals surface area contributed by atoms with Crippen molar-refractivity contribution in [3.63, 3.8) is 0 Å². The van der Waals surface area contributed by atoms with Crippen LogP contribution in [0.25, 0.3) is 0 Å². The highest BCUT2D eigenvalue weighted by molar-refractivity contribution is 7.89. The van der Waals surface area contributed by atoms with Crippen LogP contribution in [0.3, 0.4) is 0 Å². The fraction of sp³-hybridized carbons (Fsp3) is 0.588. The van der Waals surface area contributed by atoms with E-state index in [1.54, 1.807) is 19.1 Å². The zero-order chi connectivity index (χ0) is 19.0. The van der Waals surface area contributed by atoms with Crippen LogP contribution in [0.5, 0.6) is 0 Å². The lowest BCUT2D eigenvalue weighted by Crippen LogP contribution is -2.52. The molecule has 0 aromatic heterocycles. The molecule has 2 amide bonds. The second kappa shape index (κ2) is 9.86. The van der Waals surface area contributed by atoms with Crippen molar-refractivity contribution in [2.45, 2.75) is 44.4 Å². The molecule has 0 bridgehead atoms. The van der Waals surface area contributed by atoms with E-state index in [0.29, 0.717) is 31.5 Å². The summed E-state index contributed by atoms with van der Waals surface area (Å²) in [4.78, 5) is 12.1. The van der Waals surface area contributed by atoms with Crippen LogP contribution in [-0.4, -0.2) is 56.7 Å². The van der Waals surface area contributed by atoms with Gasteiger partial charge in [0.05, 0.1) is 24.5 Å². The van der Waals surface area contributed by atoms with E-state index < -0.39 is 16.1 Å². The second-order valence-electron chi connectivity index (χ2n) is 6.21. The Labute approximate surface area is 154 Å². The van der Waals surface area contributed by atoms with Gasteiger partial charge in [-0.3, -0.25) is 0 Å². The van der Waals surface area contributed by atoms with Crippen LogP contribution in [0.15, 0.2) is 30.3 Å². The molecule has 146 valence electrons. The Hall–Kier alpha value is -1.68. The van der Waals surface area contributed by atoms with Crippen LogP contribution in [0.2, 0.25) is 0 Å². The SMILES string of the molecule is CCS(=O)(=O)NCC[C@H]1CC[C@H](NC(=O)Nc2ccccc2)[C@@H](CO)O1. The maximum atomic E-state index is 12.1. The predicted octanol–water partition coefficient (Wildman–Crippen LogP) is 1.05. The number of aliphatic hydroxyl groups excluding tert-OH is 1. The zero-order valence-corrected chi connectivity index (χ0v) is 15.7. The van der Waals surface area contributed by atoms with Crippen molar-refractivity contribution in [2.24, 2.45) is 0 Å². The summed E-state index contributed by atoms with van der Waals surface area (Å²) in [5.41, 5.74) is 0.684. The average molecular weight is 385 g/mol. The number of sulfonamides is 1. The van der Waals surface area contributed by atoms with E-state index in [1.807, 2.05) is 18.2 Å². The van der Waals surface area contributed by atoms with E-state index in [0.717, 1.165) is 0 Å². The summed E-state index contributed by atoms with van der Waals surface area (Å²) in [5.74, 6) is 0.0420. The molecule has 8 nitrogen and oxygen atoms in total. The Morgan fingerprint density at radius 1 is 1.27 bits per heavy atom. The molecule has 3 atom stereocenters. The standard InChI is InChI=1S/C17H27N3O5S/c1-2-26(23,24)18-11-10-14-8-9-15(16(12-21)25-14)20-17(22)19-13-6-4-3-5-7-13/h3-7,14-16,18,21H,2,8-12H2,1H3,(H2,19,20,22)/t14-,15+,16-/m1/s1. The number of ether oxygens (including phenoxy) is 1. The van der Waals surface area contributed by atoms with Gasteiger partial charge in [0.25, 0.3) is 0 Å². The number of carbonyl (C=O) groups is 1. The van der Waals surface area contributed by atoms with Crippen molar-refractivity contribution < 1.29 is 23.1 Å². The Morgan fingerprint density at radius 3 is 2.65 bits per heavy atom. The molecule has 0 unspecified atom stereocenters. The average Bonchev–Trinajstić information content (AvgIpc) is 2.63. The van der Waals surface area contributed by atoms with Crippen LogP contribution in [0, 0.1) is 0 Å². The Morgan fingerprint density at radius 2 is 2.00 bits per heavy atom. The Balaban J connectivity index is 1.79. The van der Waals surface area contributed by atoms with Gasteiger partial charge >= 0.3 is 6.03 Å². The summed E-state index contributed by atoms with van der Waals surface area (Å²) in [5, 5.41) is 15.1. The molecule has 2 rings (SSSR count). The summed E-state index contributed by atoms with van der Waals surface area (Å²) < 4.78 is 31.2. The van der Waals surface area contributed by atoms with Gasteiger partial charge in [0, 0.05) is 12.2 Å². The minimum absolute atomic E-state index is 0.0420. The fourth-order valence-corrected chi connectivity index (χ4v) is 3.48. The monoisotopic (exact) mass is 385 g/mol. The quantitative estimate of drug-likeness (QED) is 0.534. The number of amides is 2. The van der Waals surface area contributed by atoms with Gasteiger partial charge in [0.1, 0.15) is 6.10 Å². The van der Waals surface area contributed by atoms with E-state index in [4.69, 9.17) is 4.74 Å². The minimum atomic E-state index is -3.22. The van der Waals surface area contributed by atoms with Crippen LogP contribution in [-0.2, 0) is 14.8 Å². The first kappa shape index (κ1) is 20.6. The molecule has 1 fully saturated rings. The highest BCUT2D eigenvalue weighted by Gasteiger charge is 2.31. The summed E-state index contributed by atoms with van der Waals surface area (Å²) in [6, 6.07) is 8.44. The molecule has 1 saturated heterocycles. The van der Waals surface area contributed by atoms with E-state index >= 15 is 0 Å². The number of hydrogen-bond donors (Lipinski definition) is 4. The van der Waals surface area contributed by atoms with Crippen LogP contribution < -0.4 is 15.4 Å². The van der Waals surface area contributed by atoms with Gasteiger partial charge in [-0.2, -0.15) is 0 Å². The topological polar surface area (TPSA) is 117 Å². The first-order valence-corrected chi connectivity index (χ1v) is 10.4. The van der Waals surface area contributed by atoms with Crippen molar-refractivity contribution in [1.29, 1.82) is 0 Å². The fourth-order valence-electron chi connectivity index (χ4n) is 2.84. The summed E-state index contributed by atoms with van der Waals surface area (Å²) in [6.07, 6.45) is 1.19. The van der Waals surface area contributed by atoms with E-state index in [1.165, 1.54) is 0 Å². The maximum absolute atomic E-state index is 12.1. The summed E-state index contributed by atoms with van der Waals surface area (Å²) >= 11 is 0. The first-order chi connectivity index (χ1) is 12.4. The van der Waals surface area contributed by atoms with E-state index in [-0.39, 0.29) is 30.5 Å². The molecule has 4 N–H and O–H groups in total. The Kier molecular flexibility index (Phi) is 7.83. The van der Waals surface area contributed by atoms with Gasteiger partial charge < -0.3 is 20.5 Å². The van der Waals surface area contributed by atoms with Crippen molar-refractivity contribution >= 4 is 21.7 Å². The van der Waals surface area contributed by atoms with Gasteiger partial charge in [-0.25, -0.2) is 17.9 Å². The molecular formula is C17H27N3O5S. The number of rotatable bonds is 8. The Bertz CT molecular complexity index is 668. The molecule has 1 aliphatic rings. The molecule has 9 heteroatoms. The summed E-state index contributed by atoms with van der Waals surface area (Å²) in [7, 11) is -3.22. The van der Waals surface area contributed by atoms with Crippen LogP contribution in [0.1, 0.15) is 26.2 Å². The minimum Gasteiger partial charge on any atom is -0.394 e. The van der Waals surface area contributed by atoms with Crippen molar-refractivity contribution in [2.75, 3.05) is 24.2 Å². The number of carbonyl (C=O) groups excluding carboxylic acids is 1. The van der Waals surface area contributed by atoms with Gasteiger partial charge in [-0.05, 0) is 38.3 Å². The number of anilines is 1. The highest BCUT2D eigenvalue weighted by atomic mass is 32.2. The molecule has 1 aromatic carbocycles. The molecule has 1 aromatic rings. The molecular weight excluding hydrogens is 358 g/mol. The third-order valence-electron chi connectivity index (χ3n) is 4.31. The van der Waals surface area contributed by atoms with Gasteiger partial charge in [-0.15, -0.1) is 0 Å². The first-order valence-electron chi connectivity index (χ1n) is 8.79. The lowest BCUT2D eigenvalue weighted by Gasteiger charge is -2.36. The molecule has 1 heterocycles. The molecule has 0 spiro atoms. The van der Waals surface area contributed by atoms with Gasteiger partial charge in [-0.1, -0.05) is 18.2 Å². The number of aliphatic hydroxyl groups is 1. The van der Waals surface area contributed by atoms with Crippen molar-refractivity contribution in [3.05, 3.63) is 30.3 Å². The third kappa shape index (κ3) is 6.56. The smallest absolute Gasteiger partial charge is 0.319 e. The predicted molar refractivity (Wildman–Crippen MR) is 99.4 cm³/mol. The van der Waals surface area contributed by atoms with Crippen LogP contribution >= 0.6 is 0 Å². The van der Waals surface area contributed by atoms with Gasteiger partial charge in [0.15, 0.2) is 0 Å². The lowest BCUT2D eigenvalue weighted by molar-refractivity contribution is -0.0884. The lowest BCUT2D eigenvalue weighted by atomic mass is 9.97. The third-order valence-corrected chi connectivity index (χ3v) is 5.72. The number of benzene rings is 1.